The lowest BCUT2D eigenvalue weighted by Crippen LogP contribution is -1.98. The Hall–Kier alpha value is -6.98. The second-order valence-corrected chi connectivity index (χ2v) is 13.0. The van der Waals surface area contributed by atoms with E-state index < -0.39 is 0 Å². The average Bonchev–Trinajstić information content (AvgIpc) is 3.86. The molecule has 0 N–H and O–H groups in total. The highest BCUT2D eigenvalue weighted by molar-refractivity contribution is 6.10. The minimum atomic E-state index is 0.638. The van der Waals surface area contributed by atoms with Crippen molar-refractivity contribution < 1.29 is 8.83 Å². The summed E-state index contributed by atoms with van der Waals surface area (Å²) in [5.41, 5.74) is 11.2. The molecule has 4 heterocycles. The Labute approximate surface area is 291 Å². The quantitative estimate of drug-likeness (QED) is 0.190. The molecule has 0 unspecified atom stereocenters. The molecule has 4 aromatic heterocycles. The molecule has 0 amide bonds. The summed E-state index contributed by atoms with van der Waals surface area (Å²) in [5, 5.41) is 6.81. The van der Waals surface area contributed by atoms with Crippen molar-refractivity contribution in [3.8, 4) is 39.6 Å². The summed E-state index contributed by atoms with van der Waals surface area (Å²) in [6.45, 7) is 0. The lowest BCUT2D eigenvalue weighted by molar-refractivity contribution is 0.668. The maximum Gasteiger partial charge on any atom is 0.160 e. The smallest absolute Gasteiger partial charge is 0.160 e. The van der Waals surface area contributed by atoms with Gasteiger partial charge >= 0.3 is 0 Å². The number of rotatable bonds is 4. The standard InChI is InChI=1S/C46H27N3O2/c1-5-16-40-32(12-1)33-13-2-6-17-41(33)49(40)31-11-9-10-30(24-31)46-47-38(28-20-22-36-34-14-3-7-18-42(34)50-44(36)25-28)27-39(48-46)29-21-23-37-35-15-4-8-19-43(35)51-45(37)26-29/h1-27H. The summed E-state index contributed by atoms with van der Waals surface area (Å²) in [7, 11) is 0. The highest BCUT2D eigenvalue weighted by atomic mass is 16.3. The molecule has 0 fully saturated rings. The van der Waals surface area contributed by atoms with Crippen LogP contribution in [0.15, 0.2) is 173 Å². The van der Waals surface area contributed by atoms with E-state index in [1.807, 2.05) is 36.4 Å². The van der Waals surface area contributed by atoms with Crippen LogP contribution in [0.2, 0.25) is 0 Å². The highest BCUT2D eigenvalue weighted by Gasteiger charge is 2.17. The number of benzene rings is 7. The summed E-state index contributed by atoms with van der Waals surface area (Å²) in [4.78, 5) is 10.4. The van der Waals surface area contributed by atoms with Crippen LogP contribution < -0.4 is 0 Å². The van der Waals surface area contributed by atoms with E-state index in [0.29, 0.717) is 5.82 Å². The first-order valence-electron chi connectivity index (χ1n) is 17.1. The van der Waals surface area contributed by atoms with Crippen LogP contribution in [-0.2, 0) is 0 Å². The fraction of sp³-hybridized carbons (Fsp3) is 0. The van der Waals surface area contributed by atoms with Gasteiger partial charge in [-0.05, 0) is 66.7 Å². The van der Waals surface area contributed by atoms with Crippen molar-refractivity contribution in [3.05, 3.63) is 164 Å². The number of nitrogens with zero attached hydrogens (tertiary/aromatic N) is 3. The number of furan rings is 2. The number of fused-ring (bicyclic) bond motifs is 9. The van der Waals surface area contributed by atoms with Crippen molar-refractivity contribution in [2.45, 2.75) is 0 Å². The van der Waals surface area contributed by atoms with E-state index in [2.05, 4.69) is 132 Å². The third-order valence-corrected chi connectivity index (χ3v) is 10.0. The lowest BCUT2D eigenvalue weighted by atomic mass is 10.0. The fourth-order valence-corrected chi connectivity index (χ4v) is 7.63. The summed E-state index contributed by atoms with van der Waals surface area (Å²) in [5.74, 6) is 0.638. The molecule has 5 heteroatoms. The van der Waals surface area contributed by atoms with Crippen LogP contribution in [0.4, 0.5) is 0 Å². The monoisotopic (exact) mass is 653 g/mol. The van der Waals surface area contributed by atoms with Crippen LogP contribution >= 0.6 is 0 Å². The molecular weight excluding hydrogens is 627 g/mol. The Balaban J connectivity index is 1.12. The van der Waals surface area contributed by atoms with Gasteiger partial charge in [0.05, 0.1) is 22.4 Å². The van der Waals surface area contributed by atoms with Gasteiger partial charge < -0.3 is 13.4 Å². The van der Waals surface area contributed by atoms with E-state index in [1.165, 1.54) is 10.8 Å². The van der Waals surface area contributed by atoms with Crippen LogP contribution in [0.25, 0.3) is 105 Å². The van der Waals surface area contributed by atoms with Gasteiger partial charge in [0.1, 0.15) is 22.3 Å². The second kappa shape index (κ2) is 10.8. The van der Waals surface area contributed by atoms with Gasteiger partial charge in [0.25, 0.3) is 0 Å². The Kier molecular flexibility index (Phi) is 5.89. The molecule has 51 heavy (non-hydrogen) atoms. The highest BCUT2D eigenvalue weighted by Crippen LogP contribution is 2.37. The maximum absolute atomic E-state index is 6.29. The molecule has 11 rings (SSSR count). The molecule has 0 atom stereocenters. The molecule has 0 aliphatic heterocycles. The minimum absolute atomic E-state index is 0.638. The Bertz CT molecular complexity index is 2980. The van der Waals surface area contributed by atoms with Crippen LogP contribution in [0.5, 0.6) is 0 Å². The third-order valence-electron chi connectivity index (χ3n) is 10.0. The Morgan fingerprint density at radius 2 is 0.843 bits per heavy atom. The molecule has 0 bridgehead atoms. The number of aromatic nitrogens is 3. The van der Waals surface area contributed by atoms with Crippen molar-refractivity contribution in [2.24, 2.45) is 0 Å². The summed E-state index contributed by atoms with van der Waals surface area (Å²) >= 11 is 0. The fourth-order valence-electron chi connectivity index (χ4n) is 7.63. The van der Waals surface area contributed by atoms with Gasteiger partial charge in [0, 0.05) is 54.7 Å². The zero-order chi connectivity index (χ0) is 33.5. The molecule has 0 aliphatic carbocycles. The van der Waals surface area contributed by atoms with E-state index in [4.69, 9.17) is 18.8 Å². The first-order chi connectivity index (χ1) is 25.2. The molecule has 238 valence electrons. The van der Waals surface area contributed by atoms with Crippen molar-refractivity contribution >= 4 is 65.7 Å². The van der Waals surface area contributed by atoms with Gasteiger partial charge in [-0.2, -0.15) is 0 Å². The zero-order valence-corrected chi connectivity index (χ0v) is 27.2. The van der Waals surface area contributed by atoms with Crippen molar-refractivity contribution in [2.75, 3.05) is 0 Å². The third kappa shape index (κ3) is 4.35. The van der Waals surface area contributed by atoms with E-state index in [-0.39, 0.29) is 0 Å². The maximum atomic E-state index is 6.29. The number of para-hydroxylation sites is 4. The van der Waals surface area contributed by atoms with Crippen LogP contribution in [0, 0.1) is 0 Å². The van der Waals surface area contributed by atoms with Crippen LogP contribution in [0.3, 0.4) is 0 Å². The topological polar surface area (TPSA) is 57.0 Å². The van der Waals surface area contributed by atoms with Crippen LogP contribution in [0.1, 0.15) is 0 Å². The van der Waals surface area contributed by atoms with Crippen molar-refractivity contribution in [3.63, 3.8) is 0 Å². The van der Waals surface area contributed by atoms with Gasteiger partial charge in [-0.25, -0.2) is 9.97 Å². The molecule has 0 saturated carbocycles. The van der Waals surface area contributed by atoms with Crippen molar-refractivity contribution in [1.82, 2.24) is 14.5 Å². The first kappa shape index (κ1) is 27.9. The lowest BCUT2D eigenvalue weighted by Gasteiger charge is -2.12. The molecule has 0 aliphatic rings. The molecule has 7 aromatic carbocycles. The minimum Gasteiger partial charge on any atom is -0.456 e. The molecule has 11 aromatic rings. The van der Waals surface area contributed by atoms with E-state index in [1.54, 1.807) is 0 Å². The number of hydrogen-bond acceptors (Lipinski definition) is 4. The Morgan fingerprint density at radius 1 is 0.353 bits per heavy atom. The predicted octanol–water partition coefficient (Wildman–Crippen LogP) is 12.4. The molecular formula is C46H27N3O2. The van der Waals surface area contributed by atoms with Gasteiger partial charge in [0.15, 0.2) is 5.82 Å². The largest absolute Gasteiger partial charge is 0.456 e. The van der Waals surface area contributed by atoms with Gasteiger partial charge in [-0.3, -0.25) is 0 Å². The summed E-state index contributed by atoms with van der Waals surface area (Å²) in [6, 6.07) is 56.7. The average molecular weight is 654 g/mol. The zero-order valence-electron chi connectivity index (χ0n) is 27.2. The molecule has 5 nitrogen and oxygen atoms in total. The first-order valence-corrected chi connectivity index (χ1v) is 17.1. The second-order valence-electron chi connectivity index (χ2n) is 13.0. The van der Waals surface area contributed by atoms with Crippen molar-refractivity contribution in [1.29, 1.82) is 0 Å². The van der Waals surface area contributed by atoms with Gasteiger partial charge in [-0.15, -0.1) is 0 Å². The van der Waals surface area contributed by atoms with E-state index in [9.17, 15) is 0 Å². The normalized spacial score (nSPS) is 11.9. The summed E-state index contributed by atoms with van der Waals surface area (Å²) < 4.78 is 14.9. The summed E-state index contributed by atoms with van der Waals surface area (Å²) in [6.07, 6.45) is 0. The predicted molar refractivity (Wildman–Crippen MR) is 207 cm³/mol. The van der Waals surface area contributed by atoms with Gasteiger partial charge in [-0.1, -0.05) is 97.1 Å². The molecule has 0 spiro atoms. The SMILES string of the molecule is c1cc(-c2nc(-c3ccc4c(c3)oc3ccccc34)cc(-c3ccc4c(c3)oc3ccccc34)n2)cc(-n2c3ccccc3c3ccccc32)c1. The molecule has 0 radical (unpaired) electrons. The van der Waals surface area contributed by atoms with E-state index in [0.717, 1.165) is 88.7 Å². The van der Waals surface area contributed by atoms with Gasteiger partial charge in [0.2, 0.25) is 0 Å². The number of hydrogen-bond donors (Lipinski definition) is 0. The van der Waals surface area contributed by atoms with E-state index >= 15 is 0 Å². The Morgan fingerprint density at radius 3 is 1.41 bits per heavy atom. The van der Waals surface area contributed by atoms with Crippen LogP contribution in [-0.4, -0.2) is 14.5 Å². The molecule has 0 saturated heterocycles.